The van der Waals surface area contributed by atoms with E-state index < -0.39 is 17.8 Å². The highest BCUT2D eigenvalue weighted by atomic mass is 35.5. The van der Waals surface area contributed by atoms with Crippen LogP contribution in [0.5, 0.6) is 5.75 Å². The first kappa shape index (κ1) is 23.8. The summed E-state index contributed by atoms with van der Waals surface area (Å²) >= 11 is 18.5. The number of anilines is 1. The molecule has 0 radical (unpaired) electrons. The topological polar surface area (TPSA) is 75.7 Å². The van der Waals surface area contributed by atoms with E-state index in [0.717, 1.165) is 10.5 Å². The maximum atomic E-state index is 13.1. The maximum Gasteiger partial charge on any atom is 0.335 e. The molecule has 0 unspecified atom stereocenters. The number of carbonyl (C=O) groups is 3. The van der Waals surface area contributed by atoms with Crippen molar-refractivity contribution >= 4 is 64.4 Å². The highest BCUT2D eigenvalue weighted by Gasteiger charge is 2.37. The van der Waals surface area contributed by atoms with Gasteiger partial charge in [0.25, 0.3) is 11.8 Å². The monoisotopic (exact) mass is 514 g/mol. The first-order chi connectivity index (χ1) is 16.2. The normalized spacial score (nSPS) is 15.0. The van der Waals surface area contributed by atoms with E-state index in [-0.39, 0.29) is 17.9 Å². The Balaban J connectivity index is 1.59. The van der Waals surface area contributed by atoms with Crippen LogP contribution in [-0.2, 0) is 16.2 Å². The van der Waals surface area contributed by atoms with Crippen molar-refractivity contribution in [1.82, 2.24) is 5.32 Å². The summed E-state index contributed by atoms with van der Waals surface area (Å²) < 4.78 is 5.76. The molecule has 1 fully saturated rings. The van der Waals surface area contributed by atoms with Gasteiger partial charge in [0.15, 0.2) is 0 Å². The second-order valence-electron chi connectivity index (χ2n) is 7.45. The van der Waals surface area contributed by atoms with Gasteiger partial charge in [-0.2, -0.15) is 0 Å². The quantitative estimate of drug-likeness (QED) is 0.324. The Hall–Kier alpha value is -3.32. The minimum absolute atomic E-state index is 0.220. The minimum Gasteiger partial charge on any atom is -0.487 e. The Labute approximate surface area is 210 Å². The van der Waals surface area contributed by atoms with Crippen molar-refractivity contribution in [3.05, 3.63) is 98.0 Å². The number of nitrogens with one attached hydrogen (secondary N) is 1. The van der Waals surface area contributed by atoms with E-state index in [4.69, 9.17) is 39.5 Å². The molecule has 172 valence electrons. The molecule has 4 amide bonds. The third kappa shape index (κ3) is 4.94. The zero-order valence-electron chi connectivity index (χ0n) is 17.8. The van der Waals surface area contributed by atoms with Crippen molar-refractivity contribution in [2.45, 2.75) is 13.5 Å². The summed E-state index contributed by atoms with van der Waals surface area (Å²) in [5.74, 6) is -1.14. The number of nitrogens with zero attached hydrogens (tertiary/aromatic N) is 1. The molecule has 1 N–H and O–H groups in total. The summed E-state index contributed by atoms with van der Waals surface area (Å²) in [7, 11) is 0. The van der Waals surface area contributed by atoms with Crippen molar-refractivity contribution in [3.63, 3.8) is 0 Å². The fourth-order valence-electron chi connectivity index (χ4n) is 3.39. The number of hydrogen-bond donors (Lipinski definition) is 1. The van der Waals surface area contributed by atoms with Crippen molar-refractivity contribution in [2.75, 3.05) is 4.90 Å². The Morgan fingerprint density at radius 2 is 1.71 bits per heavy atom. The SMILES string of the molecule is Cc1c(Cl)cccc1N1C(=O)NC(=O)/C(=C\c2ccc(OCc3cccc(Cl)c3)c(Cl)c2)C1=O. The Bertz CT molecular complexity index is 1350. The highest BCUT2D eigenvalue weighted by Crippen LogP contribution is 2.31. The number of amides is 4. The average Bonchev–Trinajstić information content (AvgIpc) is 2.79. The molecule has 3 aromatic rings. The van der Waals surface area contributed by atoms with Gasteiger partial charge in [-0.25, -0.2) is 9.69 Å². The lowest BCUT2D eigenvalue weighted by atomic mass is 10.1. The number of halogens is 3. The van der Waals surface area contributed by atoms with Crippen LogP contribution in [0.15, 0.2) is 66.2 Å². The summed E-state index contributed by atoms with van der Waals surface area (Å²) in [5.41, 5.74) is 1.96. The van der Waals surface area contributed by atoms with Gasteiger partial charge >= 0.3 is 6.03 Å². The van der Waals surface area contributed by atoms with Crippen molar-refractivity contribution in [3.8, 4) is 5.75 Å². The molecule has 1 saturated heterocycles. The van der Waals surface area contributed by atoms with Gasteiger partial charge in [-0.3, -0.25) is 14.9 Å². The average molecular weight is 516 g/mol. The molecule has 6 nitrogen and oxygen atoms in total. The Morgan fingerprint density at radius 3 is 2.44 bits per heavy atom. The zero-order chi connectivity index (χ0) is 24.4. The van der Waals surface area contributed by atoms with Crippen LogP contribution in [0.4, 0.5) is 10.5 Å². The summed E-state index contributed by atoms with van der Waals surface area (Å²) in [6.45, 7) is 1.94. The van der Waals surface area contributed by atoms with E-state index in [1.165, 1.54) is 6.08 Å². The zero-order valence-corrected chi connectivity index (χ0v) is 20.0. The maximum absolute atomic E-state index is 13.1. The van der Waals surface area contributed by atoms with E-state index in [9.17, 15) is 14.4 Å². The molecule has 3 aromatic carbocycles. The highest BCUT2D eigenvalue weighted by molar-refractivity contribution is 6.40. The molecule has 0 aromatic heterocycles. The third-order valence-electron chi connectivity index (χ3n) is 5.13. The number of rotatable bonds is 5. The molecular weight excluding hydrogens is 499 g/mol. The summed E-state index contributed by atoms with van der Waals surface area (Å²) in [6, 6.07) is 16.1. The van der Waals surface area contributed by atoms with Crippen LogP contribution in [0.3, 0.4) is 0 Å². The second-order valence-corrected chi connectivity index (χ2v) is 8.70. The number of imide groups is 2. The summed E-state index contributed by atoms with van der Waals surface area (Å²) in [6.07, 6.45) is 1.36. The molecule has 9 heteroatoms. The van der Waals surface area contributed by atoms with Crippen LogP contribution in [-0.4, -0.2) is 17.8 Å². The van der Waals surface area contributed by atoms with E-state index >= 15 is 0 Å². The van der Waals surface area contributed by atoms with Gasteiger partial charge in [-0.05, 0) is 66.1 Å². The van der Waals surface area contributed by atoms with Gasteiger partial charge in [0, 0.05) is 10.0 Å². The van der Waals surface area contributed by atoms with E-state index in [2.05, 4.69) is 5.32 Å². The lowest BCUT2D eigenvalue weighted by Crippen LogP contribution is -2.54. The van der Waals surface area contributed by atoms with E-state index in [0.29, 0.717) is 31.9 Å². The van der Waals surface area contributed by atoms with E-state index in [1.807, 2.05) is 12.1 Å². The molecule has 1 aliphatic heterocycles. The Morgan fingerprint density at radius 1 is 0.941 bits per heavy atom. The fourth-order valence-corrected chi connectivity index (χ4v) is 4.02. The van der Waals surface area contributed by atoms with Crippen LogP contribution in [0, 0.1) is 6.92 Å². The smallest absolute Gasteiger partial charge is 0.335 e. The molecular formula is C25H17Cl3N2O4. The number of urea groups is 1. The standard InChI is InChI=1S/C25H17Cl3N2O4/c1-14-19(27)6-3-7-21(14)30-24(32)18(23(31)29-25(30)33)11-15-8-9-22(20(28)12-15)34-13-16-4-2-5-17(26)10-16/h2-12H,13H2,1H3,(H,29,31,33)/b18-11+. The molecule has 0 atom stereocenters. The van der Waals surface area contributed by atoms with Crippen molar-refractivity contribution in [1.29, 1.82) is 0 Å². The van der Waals surface area contributed by atoms with Crippen molar-refractivity contribution < 1.29 is 19.1 Å². The number of barbiturate groups is 1. The van der Waals surface area contributed by atoms with Crippen LogP contribution in [0.2, 0.25) is 15.1 Å². The molecule has 0 bridgehead atoms. The second kappa shape index (κ2) is 9.89. The molecule has 0 spiro atoms. The fraction of sp³-hybridized carbons (Fsp3) is 0.0800. The predicted molar refractivity (Wildman–Crippen MR) is 132 cm³/mol. The van der Waals surface area contributed by atoms with Gasteiger partial charge in [-0.1, -0.05) is 59.1 Å². The Kier molecular flexibility index (Phi) is 6.93. The molecule has 0 aliphatic carbocycles. The predicted octanol–water partition coefficient (Wildman–Crippen LogP) is 6.20. The summed E-state index contributed by atoms with van der Waals surface area (Å²) in [4.78, 5) is 38.9. The molecule has 1 heterocycles. The number of carbonyl (C=O) groups excluding carboxylic acids is 3. The number of benzene rings is 3. The third-order valence-corrected chi connectivity index (χ3v) is 6.07. The van der Waals surface area contributed by atoms with Crippen LogP contribution >= 0.6 is 34.8 Å². The molecule has 4 rings (SSSR count). The number of ether oxygens (including phenoxy) is 1. The van der Waals surface area contributed by atoms with Gasteiger partial charge < -0.3 is 4.74 Å². The van der Waals surface area contributed by atoms with Gasteiger partial charge in [0.1, 0.15) is 17.9 Å². The van der Waals surface area contributed by atoms with Crippen LogP contribution in [0.1, 0.15) is 16.7 Å². The first-order valence-corrected chi connectivity index (χ1v) is 11.2. The minimum atomic E-state index is -0.847. The van der Waals surface area contributed by atoms with E-state index in [1.54, 1.807) is 55.5 Å². The molecule has 34 heavy (non-hydrogen) atoms. The molecule has 0 saturated carbocycles. The molecule has 1 aliphatic rings. The van der Waals surface area contributed by atoms with Crippen molar-refractivity contribution in [2.24, 2.45) is 0 Å². The van der Waals surface area contributed by atoms with Gasteiger partial charge in [0.2, 0.25) is 0 Å². The lowest BCUT2D eigenvalue weighted by Gasteiger charge is -2.27. The van der Waals surface area contributed by atoms with Gasteiger partial charge in [0.05, 0.1) is 10.7 Å². The lowest BCUT2D eigenvalue weighted by molar-refractivity contribution is -0.122. The van der Waals surface area contributed by atoms with Gasteiger partial charge in [-0.15, -0.1) is 0 Å². The first-order valence-electron chi connectivity index (χ1n) is 10.1. The number of hydrogen-bond acceptors (Lipinski definition) is 4. The summed E-state index contributed by atoms with van der Waals surface area (Å²) in [5, 5.41) is 3.47. The van der Waals surface area contributed by atoms with Crippen LogP contribution in [0.25, 0.3) is 6.08 Å². The van der Waals surface area contributed by atoms with Crippen LogP contribution < -0.4 is 15.0 Å². The largest absolute Gasteiger partial charge is 0.487 e.